The Balaban J connectivity index is 2.62. The van der Waals surface area contributed by atoms with Crippen LogP contribution in [0.15, 0.2) is 18.2 Å². The van der Waals surface area contributed by atoms with Gasteiger partial charge in [0.1, 0.15) is 12.6 Å². The number of carbonyl (C=O) groups excluding carboxylic acids is 1. The summed E-state index contributed by atoms with van der Waals surface area (Å²) in [5, 5.41) is 11.6. The van der Waals surface area contributed by atoms with E-state index in [-0.39, 0.29) is 12.5 Å². The maximum absolute atomic E-state index is 11.1. The predicted octanol–water partition coefficient (Wildman–Crippen LogP) is 1.12. The molecule has 0 spiro atoms. The maximum Gasteiger partial charge on any atom is 0.325 e. The number of nitrogen functional groups attached to an aromatic ring is 1. The first-order valence-electron chi connectivity index (χ1n) is 4.86. The van der Waals surface area contributed by atoms with E-state index < -0.39 is 0 Å². The Morgan fingerprint density at radius 3 is 3.00 bits per heavy atom. The number of benzene rings is 1. The molecule has 0 aliphatic rings. The van der Waals surface area contributed by atoms with Crippen LogP contribution >= 0.6 is 0 Å². The highest BCUT2D eigenvalue weighted by molar-refractivity contribution is 5.75. The van der Waals surface area contributed by atoms with E-state index in [1.165, 1.54) is 0 Å². The van der Waals surface area contributed by atoms with Gasteiger partial charge in [0.15, 0.2) is 0 Å². The molecular weight excluding hydrogens is 206 g/mol. The molecule has 0 saturated carbocycles. The second-order valence-electron chi connectivity index (χ2n) is 3.07. The van der Waals surface area contributed by atoms with Crippen LogP contribution in [0.4, 0.5) is 11.4 Å². The van der Waals surface area contributed by atoms with E-state index >= 15 is 0 Å². The molecule has 0 aliphatic carbocycles. The third-order valence-electron chi connectivity index (χ3n) is 1.92. The van der Waals surface area contributed by atoms with Crippen LogP contribution in [-0.4, -0.2) is 19.1 Å². The predicted molar refractivity (Wildman–Crippen MR) is 60.7 cm³/mol. The van der Waals surface area contributed by atoms with Crippen LogP contribution < -0.4 is 11.1 Å². The second kappa shape index (κ2) is 5.61. The number of nitriles is 1. The number of hydrogen-bond acceptors (Lipinski definition) is 5. The first-order valence-corrected chi connectivity index (χ1v) is 4.86. The van der Waals surface area contributed by atoms with Gasteiger partial charge in [-0.3, -0.25) is 4.79 Å². The summed E-state index contributed by atoms with van der Waals surface area (Å²) < 4.78 is 4.75. The molecule has 0 amide bonds. The molecule has 0 atom stereocenters. The van der Waals surface area contributed by atoms with Crippen molar-refractivity contribution in [3.05, 3.63) is 23.8 Å². The molecule has 0 bridgehead atoms. The number of ether oxygens (including phenoxy) is 1. The number of rotatable bonds is 4. The molecule has 0 aromatic heterocycles. The van der Waals surface area contributed by atoms with Crippen LogP contribution in [0, 0.1) is 11.3 Å². The molecule has 84 valence electrons. The summed E-state index contributed by atoms with van der Waals surface area (Å²) in [6.07, 6.45) is 0. The minimum Gasteiger partial charge on any atom is -0.465 e. The maximum atomic E-state index is 11.1. The average Bonchev–Trinajstić information content (AvgIpc) is 2.28. The van der Waals surface area contributed by atoms with Crippen LogP contribution in [0.25, 0.3) is 0 Å². The van der Waals surface area contributed by atoms with Gasteiger partial charge in [0.2, 0.25) is 0 Å². The van der Waals surface area contributed by atoms with Gasteiger partial charge in [-0.2, -0.15) is 5.26 Å². The lowest BCUT2D eigenvalue weighted by Crippen LogP contribution is -2.16. The highest BCUT2D eigenvalue weighted by Gasteiger charge is 2.03. The molecule has 0 saturated heterocycles. The topological polar surface area (TPSA) is 88.1 Å². The van der Waals surface area contributed by atoms with Gasteiger partial charge in [0.05, 0.1) is 12.2 Å². The van der Waals surface area contributed by atoms with Gasteiger partial charge in [-0.25, -0.2) is 0 Å². The third kappa shape index (κ3) is 3.17. The number of nitrogens with two attached hydrogens (primary N) is 1. The summed E-state index contributed by atoms with van der Waals surface area (Å²) in [6.45, 7) is 2.17. The van der Waals surface area contributed by atoms with E-state index in [1.807, 2.05) is 6.07 Å². The smallest absolute Gasteiger partial charge is 0.325 e. The molecule has 0 heterocycles. The zero-order valence-corrected chi connectivity index (χ0v) is 8.99. The van der Waals surface area contributed by atoms with Crippen molar-refractivity contribution in [3.8, 4) is 6.07 Å². The van der Waals surface area contributed by atoms with Gasteiger partial charge in [-0.15, -0.1) is 0 Å². The van der Waals surface area contributed by atoms with E-state index in [2.05, 4.69) is 5.32 Å². The normalized spacial score (nSPS) is 9.25. The second-order valence-corrected chi connectivity index (χ2v) is 3.07. The summed E-state index contributed by atoms with van der Waals surface area (Å²) in [5.74, 6) is -0.335. The molecule has 0 aliphatic heterocycles. The van der Waals surface area contributed by atoms with Gasteiger partial charge in [0, 0.05) is 11.4 Å². The van der Waals surface area contributed by atoms with Gasteiger partial charge >= 0.3 is 5.97 Å². The lowest BCUT2D eigenvalue weighted by atomic mass is 10.2. The Labute approximate surface area is 93.8 Å². The summed E-state index contributed by atoms with van der Waals surface area (Å²) in [7, 11) is 0. The lowest BCUT2D eigenvalue weighted by Gasteiger charge is -2.07. The first kappa shape index (κ1) is 11.9. The molecule has 1 aromatic carbocycles. The van der Waals surface area contributed by atoms with Crippen molar-refractivity contribution < 1.29 is 9.53 Å². The molecule has 1 aromatic rings. The van der Waals surface area contributed by atoms with Crippen LogP contribution in [-0.2, 0) is 9.53 Å². The zero-order chi connectivity index (χ0) is 12.0. The van der Waals surface area contributed by atoms with E-state index in [0.29, 0.717) is 23.5 Å². The molecule has 0 unspecified atom stereocenters. The molecule has 5 nitrogen and oxygen atoms in total. The van der Waals surface area contributed by atoms with Crippen LogP contribution in [0.1, 0.15) is 12.5 Å². The number of carbonyl (C=O) groups is 1. The van der Waals surface area contributed by atoms with Crippen molar-refractivity contribution >= 4 is 17.3 Å². The summed E-state index contributed by atoms with van der Waals surface area (Å²) in [4.78, 5) is 11.1. The Morgan fingerprint density at radius 2 is 2.38 bits per heavy atom. The molecule has 5 heteroatoms. The number of esters is 1. The Hall–Kier alpha value is -2.22. The van der Waals surface area contributed by atoms with E-state index in [1.54, 1.807) is 25.1 Å². The van der Waals surface area contributed by atoms with E-state index in [0.717, 1.165) is 0 Å². The minimum absolute atomic E-state index is 0.0721. The van der Waals surface area contributed by atoms with E-state index in [9.17, 15) is 4.79 Å². The zero-order valence-electron chi connectivity index (χ0n) is 8.99. The monoisotopic (exact) mass is 219 g/mol. The van der Waals surface area contributed by atoms with Gasteiger partial charge in [-0.05, 0) is 25.1 Å². The summed E-state index contributed by atoms with van der Waals surface area (Å²) in [6, 6.07) is 6.88. The van der Waals surface area contributed by atoms with E-state index in [4.69, 9.17) is 15.7 Å². The standard InChI is InChI=1S/C11H13N3O2/c1-2-16-11(15)7-14-9-3-4-10(13)8(5-9)6-12/h3-5,14H,2,7,13H2,1H3. The molecule has 3 N–H and O–H groups in total. The fourth-order valence-corrected chi connectivity index (χ4v) is 1.15. The highest BCUT2D eigenvalue weighted by atomic mass is 16.5. The Morgan fingerprint density at radius 1 is 1.62 bits per heavy atom. The van der Waals surface area contributed by atoms with Crippen molar-refractivity contribution in [2.75, 3.05) is 24.2 Å². The molecular formula is C11H13N3O2. The molecule has 0 fully saturated rings. The van der Waals surface area contributed by atoms with Crippen molar-refractivity contribution in [3.63, 3.8) is 0 Å². The third-order valence-corrected chi connectivity index (χ3v) is 1.92. The molecule has 0 radical (unpaired) electrons. The van der Waals surface area contributed by atoms with Gasteiger partial charge < -0.3 is 15.8 Å². The lowest BCUT2D eigenvalue weighted by molar-refractivity contribution is -0.140. The average molecular weight is 219 g/mol. The SMILES string of the molecule is CCOC(=O)CNc1ccc(N)c(C#N)c1. The van der Waals surface area contributed by atoms with Crippen LogP contribution in [0.2, 0.25) is 0 Å². The quantitative estimate of drug-likeness (QED) is 0.585. The number of hydrogen-bond donors (Lipinski definition) is 2. The molecule has 16 heavy (non-hydrogen) atoms. The number of nitrogens with one attached hydrogen (secondary N) is 1. The number of anilines is 2. The fraction of sp³-hybridized carbons (Fsp3) is 0.273. The fourth-order valence-electron chi connectivity index (χ4n) is 1.15. The van der Waals surface area contributed by atoms with Gasteiger partial charge in [-0.1, -0.05) is 0 Å². The Bertz CT molecular complexity index is 424. The highest BCUT2D eigenvalue weighted by Crippen LogP contribution is 2.16. The van der Waals surface area contributed by atoms with Crippen molar-refractivity contribution in [1.29, 1.82) is 5.26 Å². The van der Waals surface area contributed by atoms with Crippen LogP contribution in [0.5, 0.6) is 0 Å². The number of nitrogens with zero attached hydrogens (tertiary/aromatic N) is 1. The molecule has 1 rings (SSSR count). The van der Waals surface area contributed by atoms with Crippen molar-refractivity contribution in [2.45, 2.75) is 6.92 Å². The van der Waals surface area contributed by atoms with Crippen LogP contribution in [0.3, 0.4) is 0 Å². The van der Waals surface area contributed by atoms with Crippen molar-refractivity contribution in [1.82, 2.24) is 0 Å². The van der Waals surface area contributed by atoms with Crippen molar-refractivity contribution in [2.24, 2.45) is 0 Å². The first-order chi connectivity index (χ1) is 7.67. The summed E-state index contributed by atoms with van der Waals surface area (Å²) >= 11 is 0. The Kier molecular flexibility index (Phi) is 4.16. The van der Waals surface area contributed by atoms with Gasteiger partial charge in [0.25, 0.3) is 0 Å². The summed E-state index contributed by atoms with van der Waals surface area (Å²) in [5.41, 5.74) is 7.03. The largest absolute Gasteiger partial charge is 0.465 e. The minimum atomic E-state index is -0.335.